The van der Waals surface area contributed by atoms with E-state index in [9.17, 15) is 4.79 Å². The minimum Gasteiger partial charge on any atom is -0.397 e. The van der Waals surface area contributed by atoms with Gasteiger partial charge >= 0.3 is 0 Å². The molecule has 4 N–H and O–H groups in total. The molecule has 0 bridgehead atoms. The average molecular weight is 450 g/mol. The number of aryl methyl sites for hydroxylation is 1. The average Bonchev–Trinajstić information content (AvgIpc) is 2.82. The molecule has 0 fully saturated rings. The first-order valence-corrected chi connectivity index (χ1v) is 11.1. The van der Waals surface area contributed by atoms with E-state index < -0.39 is 0 Å². The smallest absolute Gasteiger partial charge is 0.196 e. The van der Waals surface area contributed by atoms with Crippen LogP contribution >= 0.6 is 12.6 Å². The standard InChI is InChI=1S/C28H23N3OS/c1-16-14-19(12-13-22(16)30-18-8-4-3-5-9-18)31-23-15-24(33)27(29)25-17(2)20-10-6-7-11-21(20)28(32)26(23)25/h3-15,30-31,33H,2,29H2,1H3. The molecule has 1 aliphatic carbocycles. The molecule has 0 amide bonds. The van der Waals surface area contributed by atoms with Crippen molar-refractivity contribution in [1.29, 1.82) is 0 Å². The van der Waals surface area contributed by atoms with Crippen LogP contribution in [0.25, 0.3) is 5.57 Å². The highest BCUT2D eigenvalue weighted by molar-refractivity contribution is 7.80. The number of hydrogen-bond acceptors (Lipinski definition) is 5. The van der Waals surface area contributed by atoms with Crippen molar-refractivity contribution in [3.05, 3.63) is 113 Å². The molecule has 0 heterocycles. The Kier molecular flexibility index (Phi) is 5.19. The highest BCUT2D eigenvalue weighted by Crippen LogP contribution is 2.44. The number of thiol groups is 1. The first-order chi connectivity index (χ1) is 15.9. The van der Waals surface area contributed by atoms with E-state index in [-0.39, 0.29) is 5.78 Å². The van der Waals surface area contributed by atoms with Gasteiger partial charge in [0.05, 0.1) is 16.9 Å². The first-order valence-electron chi connectivity index (χ1n) is 10.6. The molecule has 0 aliphatic heterocycles. The highest BCUT2D eigenvalue weighted by atomic mass is 32.1. The van der Waals surface area contributed by atoms with E-state index in [1.165, 1.54) is 0 Å². The zero-order chi connectivity index (χ0) is 23.1. The Morgan fingerprint density at radius 3 is 2.18 bits per heavy atom. The lowest BCUT2D eigenvalue weighted by Crippen LogP contribution is -2.18. The number of carbonyl (C=O) groups is 1. The molecule has 0 saturated carbocycles. The summed E-state index contributed by atoms with van der Waals surface area (Å²) in [5.41, 5.74) is 14.8. The molecular formula is C28H23N3OS. The summed E-state index contributed by atoms with van der Waals surface area (Å²) in [6.45, 7) is 6.29. The summed E-state index contributed by atoms with van der Waals surface area (Å²) in [6, 6.07) is 25.4. The summed E-state index contributed by atoms with van der Waals surface area (Å²) in [6.07, 6.45) is 0. The number of ketones is 1. The van der Waals surface area contributed by atoms with Crippen molar-refractivity contribution in [1.82, 2.24) is 0 Å². The summed E-state index contributed by atoms with van der Waals surface area (Å²) < 4.78 is 0. The third-order valence-corrected chi connectivity index (χ3v) is 6.30. The Morgan fingerprint density at radius 1 is 0.788 bits per heavy atom. The maximum atomic E-state index is 13.5. The number of carbonyl (C=O) groups excluding carboxylic acids is 1. The monoisotopic (exact) mass is 449 g/mol. The third-order valence-electron chi connectivity index (χ3n) is 5.93. The van der Waals surface area contributed by atoms with Crippen LogP contribution in [0.5, 0.6) is 0 Å². The van der Waals surface area contributed by atoms with Crippen molar-refractivity contribution in [2.24, 2.45) is 0 Å². The second-order valence-corrected chi connectivity index (χ2v) is 8.59. The SMILES string of the molecule is C=C1c2ccccc2C(=O)c2c(Nc3ccc(Nc4ccccc4)c(C)c3)cc(S)c(N)c21. The number of fused-ring (bicyclic) bond motifs is 2. The molecular weight excluding hydrogens is 426 g/mol. The number of para-hydroxylation sites is 1. The van der Waals surface area contributed by atoms with Crippen molar-refractivity contribution in [2.45, 2.75) is 11.8 Å². The summed E-state index contributed by atoms with van der Waals surface area (Å²) in [5.74, 6) is -0.0744. The van der Waals surface area contributed by atoms with Gasteiger partial charge in [-0.25, -0.2) is 0 Å². The molecule has 33 heavy (non-hydrogen) atoms. The van der Waals surface area contributed by atoms with Gasteiger partial charge in [0, 0.05) is 33.1 Å². The maximum absolute atomic E-state index is 13.5. The topological polar surface area (TPSA) is 67.2 Å². The van der Waals surface area contributed by atoms with Gasteiger partial charge in [-0.1, -0.05) is 49.0 Å². The summed E-state index contributed by atoms with van der Waals surface area (Å²) in [7, 11) is 0. The fourth-order valence-corrected chi connectivity index (χ4v) is 4.50. The van der Waals surface area contributed by atoms with Crippen LogP contribution in [0.4, 0.5) is 28.4 Å². The van der Waals surface area contributed by atoms with E-state index in [0.717, 1.165) is 33.8 Å². The molecule has 162 valence electrons. The van der Waals surface area contributed by atoms with Crippen molar-refractivity contribution < 1.29 is 4.79 Å². The van der Waals surface area contributed by atoms with Crippen LogP contribution in [0, 0.1) is 6.92 Å². The van der Waals surface area contributed by atoms with Crippen LogP contribution < -0.4 is 16.4 Å². The number of anilines is 5. The van der Waals surface area contributed by atoms with Gasteiger partial charge < -0.3 is 16.4 Å². The van der Waals surface area contributed by atoms with E-state index in [1.807, 2.05) is 85.8 Å². The van der Waals surface area contributed by atoms with Crippen LogP contribution in [-0.4, -0.2) is 5.78 Å². The van der Waals surface area contributed by atoms with E-state index in [1.54, 1.807) is 0 Å². The summed E-state index contributed by atoms with van der Waals surface area (Å²) in [5, 5.41) is 6.85. The minimum atomic E-state index is -0.0744. The fraction of sp³-hybridized carbons (Fsp3) is 0.0357. The van der Waals surface area contributed by atoms with Gasteiger partial charge in [-0.2, -0.15) is 0 Å². The Morgan fingerprint density at radius 2 is 1.45 bits per heavy atom. The fourth-order valence-electron chi connectivity index (χ4n) is 4.26. The number of nitrogens with one attached hydrogen (secondary N) is 2. The third kappa shape index (κ3) is 3.66. The minimum absolute atomic E-state index is 0.0744. The van der Waals surface area contributed by atoms with Crippen LogP contribution in [0.2, 0.25) is 0 Å². The summed E-state index contributed by atoms with van der Waals surface area (Å²) >= 11 is 4.57. The number of benzene rings is 4. The Balaban J connectivity index is 1.54. The molecule has 4 aromatic rings. The number of nitrogens with two attached hydrogens (primary N) is 1. The maximum Gasteiger partial charge on any atom is 0.196 e. The molecule has 0 aromatic heterocycles. The Bertz CT molecular complexity index is 1430. The number of nitrogen functional groups attached to an aromatic ring is 1. The molecule has 5 heteroatoms. The van der Waals surface area contributed by atoms with Crippen LogP contribution in [-0.2, 0) is 0 Å². The summed E-state index contributed by atoms with van der Waals surface area (Å²) in [4.78, 5) is 14.1. The van der Waals surface area contributed by atoms with E-state index >= 15 is 0 Å². The van der Waals surface area contributed by atoms with Crippen molar-refractivity contribution in [2.75, 3.05) is 16.4 Å². The predicted octanol–water partition coefficient (Wildman–Crippen LogP) is 6.96. The van der Waals surface area contributed by atoms with Gasteiger partial charge in [-0.05, 0) is 60.0 Å². The van der Waals surface area contributed by atoms with Gasteiger partial charge in [0.25, 0.3) is 0 Å². The lowest BCUT2D eigenvalue weighted by atomic mass is 9.80. The number of rotatable bonds is 4. The largest absolute Gasteiger partial charge is 0.397 e. The van der Waals surface area contributed by atoms with Gasteiger partial charge in [0.2, 0.25) is 0 Å². The molecule has 0 spiro atoms. The van der Waals surface area contributed by atoms with E-state index in [2.05, 4.69) is 29.8 Å². The molecule has 0 saturated heterocycles. The quantitative estimate of drug-likeness (QED) is 0.177. The zero-order valence-electron chi connectivity index (χ0n) is 18.1. The van der Waals surface area contributed by atoms with Gasteiger partial charge in [0.15, 0.2) is 5.78 Å². The second kappa shape index (κ2) is 8.19. The van der Waals surface area contributed by atoms with Crippen molar-refractivity contribution in [3.63, 3.8) is 0 Å². The van der Waals surface area contributed by atoms with Gasteiger partial charge in [-0.15, -0.1) is 12.6 Å². The molecule has 4 aromatic carbocycles. The lowest BCUT2D eigenvalue weighted by molar-refractivity contribution is 0.103. The van der Waals surface area contributed by atoms with Gasteiger partial charge in [0.1, 0.15) is 0 Å². The molecule has 1 aliphatic rings. The normalized spacial score (nSPS) is 12.2. The van der Waals surface area contributed by atoms with Crippen LogP contribution in [0.15, 0.2) is 90.3 Å². The van der Waals surface area contributed by atoms with E-state index in [0.29, 0.717) is 33.0 Å². The Labute approximate surface area is 198 Å². The van der Waals surface area contributed by atoms with Crippen LogP contribution in [0.3, 0.4) is 0 Å². The van der Waals surface area contributed by atoms with Gasteiger partial charge in [-0.3, -0.25) is 4.79 Å². The van der Waals surface area contributed by atoms with Crippen molar-refractivity contribution >= 4 is 52.4 Å². The molecule has 0 radical (unpaired) electrons. The zero-order valence-corrected chi connectivity index (χ0v) is 19.0. The van der Waals surface area contributed by atoms with Crippen molar-refractivity contribution in [3.8, 4) is 0 Å². The number of hydrogen-bond donors (Lipinski definition) is 4. The van der Waals surface area contributed by atoms with E-state index in [4.69, 9.17) is 5.73 Å². The molecule has 4 nitrogen and oxygen atoms in total. The molecule has 5 rings (SSSR count). The lowest BCUT2D eigenvalue weighted by Gasteiger charge is -2.26. The highest BCUT2D eigenvalue weighted by Gasteiger charge is 2.31. The predicted molar refractivity (Wildman–Crippen MR) is 140 cm³/mol. The molecule has 0 atom stereocenters. The second-order valence-electron chi connectivity index (χ2n) is 8.11. The first kappa shape index (κ1) is 20.9. The Hall–Kier alpha value is -3.96. The van der Waals surface area contributed by atoms with Crippen LogP contribution in [0.1, 0.15) is 32.6 Å². The molecule has 0 unspecified atom stereocenters.